The van der Waals surface area contributed by atoms with Gasteiger partial charge in [-0.3, -0.25) is 14.4 Å². The maximum Gasteiger partial charge on any atom is 0.251 e. The molecule has 32 heavy (non-hydrogen) atoms. The molecule has 7 heteroatoms. The quantitative estimate of drug-likeness (QED) is 0.438. The van der Waals surface area contributed by atoms with Gasteiger partial charge < -0.3 is 20.6 Å². The molecule has 3 N–H and O–H groups in total. The van der Waals surface area contributed by atoms with Crippen molar-refractivity contribution in [2.75, 3.05) is 26.2 Å². The number of likely N-dealkylation sites (tertiary alicyclic amines) is 1. The van der Waals surface area contributed by atoms with Crippen LogP contribution in [-0.4, -0.2) is 53.9 Å². The van der Waals surface area contributed by atoms with Crippen molar-refractivity contribution >= 4 is 23.8 Å². The molecule has 0 bridgehead atoms. The second-order valence-corrected chi connectivity index (χ2v) is 7.79. The summed E-state index contributed by atoms with van der Waals surface area (Å²) in [5, 5.41) is 15.1. The van der Waals surface area contributed by atoms with Crippen LogP contribution in [0.4, 0.5) is 0 Å². The van der Waals surface area contributed by atoms with Gasteiger partial charge in [-0.05, 0) is 49.1 Å². The molecule has 1 heterocycles. The molecule has 2 aromatic carbocycles. The van der Waals surface area contributed by atoms with E-state index in [0.717, 1.165) is 5.56 Å². The third kappa shape index (κ3) is 6.97. The van der Waals surface area contributed by atoms with Crippen molar-refractivity contribution in [1.82, 2.24) is 15.5 Å². The molecule has 1 aliphatic rings. The molecule has 0 aromatic heterocycles. The van der Waals surface area contributed by atoms with Crippen molar-refractivity contribution < 1.29 is 19.5 Å². The molecule has 1 aliphatic heterocycles. The van der Waals surface area contributed by atoms with Gasteiger partial charge >= 0.3 is 0 Å². The van der Waals surface area contributed by atoms with E-state index in [2.05, 4.69) is 10.6 Å². The number of amides is 3. The maximum atomic E-state index is 12.4. The van der Waals surface area contributed by atoms with Crippen LogP contribution in [0.2, 0.25) is 0 Å². The van der Waals surface area contributed by atoms with Gasteiger partial charge in [-0.2, -0.15) is 0 Å². The molecule has 3 amide bonds. The first-order valence-corrected chi connectivity index (χ1v) is 10.9. The van der Waals surface area contributed by atoms with Crippen LogP contribution in [0, 0.1) is 5.92 Å². The second kappa shape index (κ2) is 11.7. The molecule has 0 spiro atoms. The number of rotatable bonds is 8. The zero-order valence-corrected chi connectivity index (χ0v) is 18.0. The Balaban J connectivity index is 1.31. The van der Waals surface area contributed by atoms with Crippen molar-refractivity contribution in [3.63, 3.8) is 0 Å². The maximum absolute atomic E-state index is 12.4. The number of nitrogens with zero attached hydrogens (tertiary/aromatic N) is 1. The zero-order valence-electron chi connectivity index (χ0n) is 18.0. The topological polar surface area (TPSA) is 98.7 Å². The number of hydrogen-bond acceptors (Lipinski definition) is 4. The molecular formula is C25H29N3O4. The summed E-state index contributed by atoms with van der Waals surface area (Å²) >= 11 is 0. The largest absolute Gasteiger partial charge is 0.508 e. The van der Waals surface area contributed by atoms with Crippen LogP contribution in [0.15, 0.2) is 60.7 Å². The highest BCUT2D eigenvalue weighted by molar-refractivity contribution is 5.94. The molecular weight excluding hydrogens is 406 g/mol. The summed E-state index contributed by atoms with van der Waals surface area (Å²) in [6.45, 7) is 2.03. The normalized spacial score (nSPS) is 14.3. The van der Waals surface area contributed by atoms with Crippen LogP contribution >= 0.6 is 0 Å². The van der Waals surface area contributed by atoms with E-state index >= 15 is 0 Å². The van der Waals surface area contributed by atoms with Gasteiger partial charge in [0.25, 0.3) is 5.91 Å². The highest BCUT2D eigenvalue weighted by Crippen LogP contribution is 2.18. The molecule has 0 aliphatic carbocycles. The Hall–Kier alpha value is -3.61. The molecule has 2 aromatic rings. The Bertz CT molecular complexity index is 951. The SMILES string of the molecule is O=C(NCCCNC(=O)C1CCN(C(=O)/C=C/c2ccccc2)CC1)c1cccc(O)c1. The zero-order chi connectivity index (χ0) is 22.8. The lowest BCUT2D eigenvalue weighted by atomic mass is 9.95. The average Bonchev–Trinajstić information content (AvgIpc) is 2.82. The molecule has 3 rings (SSSR count). The number of hydrogen-bond donors (Lipinski definition) is 3. The summed E-state index contributed by atoms with van der Waals surface area (Å²) < 4.78 is 0. The van der Waals surface area contributed by atoms with E-state index in [0.29, 0.717) is 51.0 Å². The predicted octanol–water partition coefficient (Wildman–Crippen LogP) is 2.58. The fourth-order valence-corrected chi connectivity index (χ4v) is 3.59. The van der Waals surface area contributed by atoms with Gasteiger partial charge in [0.1, 0.15) is 5.75 Å². The van der Waals surface area contributed by atoms with Crippen LogP contribution in [0.1, 0.15) is 35.2 Å². The van der Waals surface area contributed by atoms with Gasteiger partial charge in [-0.15, -0.1) is 0 Å². The van der Waals surface area contributed by atoms with Gasteiger partial charge in [-0.25, -0.2) is 0 Å². The Kier molecular flexibility index (Phi) is 8.43. The van der Waals surface area contributed by atoms with Crippen LogP contribution < -0.4 is 10.6 Å². The van der Waals surface area contributed by atoms with Crippen molar-refractivity contribution in [2.45, 2.75) is 19.3 Å². The second-order valence-electron chi connectivity index (χ2n) is 7.79. The lowest BCUT2D eigenvalue weighted by molar-refractivity contribution is -0.132. The lowest BCUT2D eigenvalue weighted by Crippen LogP contribution is -2.43. The van der Waals surface area contributed by atoms with E-state index in [1.54, 1.807) is 29.2 Å². The molecule has 0 unspecified atom stereocenters. The van der Waals surface area contributed by atoms with Gasteiger partial charge in [0.15, 0.2) is 0 Å². The van der Waals surface area contributed by atoms with E-state index in [-0.39, 0.29) is 29.4 Å². The standard InChI is InChI=1S/C25H29N3O4/c29-22-9-4-8-21(18-22)25(32)27-15-5-14-26-24(31)20-12-16-28(17-13-20)23(30)11-10-19-6-2-1-3-7-19/h1-4,6-11,18,20,29H,5,12-17H2,(H,26,31)(H,27,32)/b11-10+. The molecule has 0 radical (unpaired) electrons. The van der Waals surface area contributed by atoms with E-state index in [1.165, 1.54) is 12.1 Å². The van der Waals surface area contributed by atoms with Gasteiger partial charge in [0.2, 0.25) is 11.8 Å². The smallest absolute Gasteiger partial charge is 0.251 e. The molecule has 1 fully saturated rings. The fourth-order valence-electron chi connectivity index (χ4n) is 3.59. The summed E-state index contributed by atoms with van der Waals surface area (Å²) in [5.74, 6) is -0.346. The number of phenols is 1. The fraction of sp³-hybridized carbons (Fsp3) is 0.320. The first-order chi connectivity index (χ1) is 15.5. The highest BCUT2D eigenvalue weighted by Gasteiger charge is 2.26. The minimum Gasteiger partial charge on any atom is -0.508 e. The van der Waals surface area contributed by atoms with Crippen molar-refractivity contribution in [1.29, 1.82) is 0 Å². The lowest BCUT2D eigenvalue weighted by Gasteiger charge is -2.30. The average molecular weight is 436 g/mol. The third-order valence-corrected chi connectivity index (χ3v) is 5.44. The summed E-state index contributed by atoms with van der Waals surface area (Å²) in [4.78, 5) is 38.5. The molecule has 1 saturated heterocycles. The molecule has 168 valence electrons. The van der Waals surface area contributed by atoms with Gasteiger partial charge in [0.05, 0.1) is 0 Å². The molecule has 0 saturated carbocycles. The Morgan fingerprint density at radius 2 is 1.69 bits per heavy atom. The Labute approximate surface area is 188 Å². The number of aromatic hydroxyl groups is 1. The summed E-state index contributed by atoms with van der Waals surface area (Å²) in [6, 6.07) is 15.8. The predicted molar refractivity (Wildman–Crippen MR) is 123 cm³/mol. The number of carbonyl (C=O) groups is 3. The number of nitrogens with one attached hydrogen (secondary N) is 2. The Morgan fingerprint density at radius 1 is 0.969 bits per heavy atom. The first-order valence-electron chi connectivity index (χ1n) is 10.9. The summed E-state index contributed by atoms with van der Waals surface area (Å²) in [5.41, 5.74) is 1.38. The Morgan fingerprint density at radius 3 is 2.41 bits per heavy atom. The van der Waals surface area contributed by atoms with E-state index in [1.807, 2.05) is 30.3 Å². The summed E-state index contributed by atoms with van der Waals surface area (Å²) in [6.07, 6.45) is 5.29. The minimum atomic E-state index is -0.259. The van der Waals surface area contributed by atoms with Crippen LogP contribution in [-0.2, 0) is 9.59 Å². The molecule has 7 nitrogen and oxygen atoms in total. The van der Waals surface area contributed by atoms with Crippen molar-refractivity contribution in [3.05, 3.63) is 71.8 Å². The minimum absolute atomic E-state index is 0.00349. The summed E-state index contributed by atoms with van der Waals surface area (Å²) in [7, 11) is 0. The number of carbonyl (C=O) groups excluding carboxylic acids is 3. The first kappa shape index (κ1) is 23.1. The van der Waals surface area contributed by atoms with Crippen LogP contribution in [0.3, 0.4) is 0 Å². The van der Waals surface area contributed by atoms with Crippen LogP contribution in [0.5, 0.6) is 5.75 Å². The number of piperidine rings is 1. The van der Waals surface area contributed by atoms with Gasteiger partial charge in [-0.1, -0.05) is 36.4 Å². The van der Waals surface area contributed by atoms with E-state index in [4.69, 9.17) is 0 Å². The monoisotopic (exact) mass is 435 g/mol. The highest BCUT2D eigenvalue weighted by atomic mass is 16.3. The van der Waals surface area contributed by atoms with Crippen molar-refractivity contribution in [3.8, 4) is 5.75 Å². The van der Waals surface area contributed by atoms with Crippen molar-refractivity contribution in [2.24, 2.45) is 5.92 Å². The molecule has 0 atom stereocenters. The van der Waals surface area contributed by atoms with Gasteiger partial charge in [0, 0.05) is 43.7 Å². The third-order valence-electron chi connectivity index (χ3n) is 5.44. The van der Waals surface area contributed by atoms with E-state index < -0.39 is 0 Å². The number of benzene rings is 2. The number of phenolic OH excluding ortho intramolecular Hbond substituents is 1. The van der Waals surface area contributed by atoms with E-state index in [9.17, 15) is 19.5 Å². The van der Waals surface area contributed by atoms with Crippen LogP contribution in [0.25, 0.3) is 6.08 Å².